The molecule has 2 aromatic rings. The van der Waals surface area contributed by atoms with Gasteiger partial charge < -0.3 is 10.0 Å². The van der Waals surface area contributed by atoms with Gasteiger partial charge in [-0.05, 0) is 37.3 Å². The minimum Gasteiger partial charge on any atom is -0.478 e. The van der Waals surface area contributed by atoms with Gasteiger partial charge in [-0.25, -0.2) is 9.78 Å². The topological polar surface area (TPSA) is 83.4 Å². The van der Waals surface area contributed by atoms with Crippen molar-refractivity contribution in [2.75, 3.05) is 13.1 Å². The Balaban J connectivity index is 1.73. The van der Waals surface area contributed by atoms with E-state index in [1.165, 1.54) is 0 Å². The fourth-order valence-corrected chi connectivity index (χ4v) is 3.64. The molecule has 1 amide bonds. The predicted molar refractivity (Wildman–Crippen MR) is 107 cm³/mol. The maximum atomic E-state index is 12.6. The summed E-state index contributed by atoms with van der Waals surface area (Å²) in [4.78, 5) is 34.8. The number of rotatable bonds is 4. The summed E-state index contributed by atoms with van der Waals surface area (Å²) in [5.74, 6) is -0.408. The quantitative estimate of drug-likeness (QED) is 0.874. The molecule has 1 unspecified atom stereocenters. The summed E-state index contributed by atoms with van der Waals surface area (Å²) in [6.07, 6.45) is 6.23. The van der Waals surface area contributed by atoms with Gasteiger partial charge in [0, 0.05) is 30.3 Å². The second kappa shape index (κ2) is 8.09. The molecule has 0 spiro atoms. The Kier molecular flexibility index (Phi) is 5.77. The van der Waals surface area contributed by atoms with Gasteiger partial charge in [0.25, 0.3) is 0 Å². The number of benzene rings is 1. The highest BCUT2D eigenvalue weighted by atomic mass is 16.4. The fraction of sp³-hybridized carbons (Fsp3) is 0.455. The zero-order chi connectivity index (χ0) is 20.3. The van der Waals surface area contributed by atoms with E-state index in [4.69, 9.17) is 4.98 Å². The van der Waals surface area contributed by atoms with Crippen LogP contribution in [0.2, 0.25) is 0 Å². The number of aromatic nitrogens is 2. The number of hydrogen-bond donors (Lipinski definition) is 1. The molecule has 0 radical (unpaired) electrons. The molecule has 3 rings (SSSR count). The highest BCUT2D eigenvalue weighted by Gasteiger charge is 2.31. The van der Waals surface area contributed by atoms with E-state index in [0.29, 0.717) is 11.6 Å². The molecule has 28 heavy (non-hydrogen) atoms. The molecular weight excluding hydrogens is 354 g/mol. The number of nitrogens with zero attached hydrogens (tertiary/aromatic N) is 3. The molecule has 1 N–H and O–H groups in total. The first kappa shape index (κ1) is 20.0. The van der Waals surface area contributed by atoms with E-state index in [9.17, 15) is 14.7 Å². The molecule has 1 atom stereocenters. The van der Waals surface area contributed by atoms with Crippen LogP contribution < -0.4 is 0 Å². The standard InChI is InChI=1S/C22H27N3O3/c1-22(2,3)21(28)25-9-5-6-15(14-25)10-18-12-23-13-19(24-18)16-7-4-8-17(11-16)20(26)27/h4,7-8,11-13,15H,5-6,9-10,14H2,1-3H3,(H,26,27). The Labute approximate surface area is 165 Å². The normalized spacial score (nSPS) is 17.4. The lowest BCUT2D eigenvalue weighted by molar-refractivity contribution is -0.141. The summed E-state index contributed by atoms with van der Waals surface area (Å²) < 4.78 is 0. The van der Waals surface area contributed by atoms with E-state index in [2.05, 4.69) is 4.98 Å². The van der Waals surface area contributed by atoms with Crippen LogP contribution in [0.1, 0.15) is 49.7 Å². The van der Waals surface area contributed by atoms with Gasteiger partial charge in [0.15, 0.2) is 0 Å². The van der Waals surface area contributed by atoms with Gasteiger partial charge in [-0.1, -0.05) is 32.9 Å². The Hall–Kier alpha value is -2.76. The van der Waals surface area contributed by atoms with E-state index in [0.717, 1.165) is 43.6 Å². The summed E-state index contributed by atoms with van der Waals surface area (Å²) in [6.45, 7) is 7.44. The van der Waals surface area contributed by atoms with E-state index in [1.54, 1.807) is 30.6 Å². The second-order valence-electron chi connectivity index (χ2n) is 8.50. The minimum absolute atomic E-state index is 0.197. The largest absolute Gasteiger partial charge is 0.478 e. The Bertz CT molecular complexity index is 873. The summed E-state index contributed by atoms with van der Waals surface area (Å²) in [6, 6.07) is 6.72. The summed E-state index contributed by atoms with van der Waals surface area (Å²) >= 11 is 0. The predicted octanol–water partition coefficient (Wildman–Crippen LogP) is 3.67. The number of piperidine rings is 1. The Morgan fingerprint density at radius 3 is 2.75 bits per heavy atom. The van der Waals surface area contributed by atoms with Crippen LogP contribution in [0.4, 0.5) is 0 Å². The van der Waals surface area contributed by atoms with Gasteiger partial charge in [-0.2, -0.15) is 0 Å². The fourth-order valence-electron chi connectivity index (χ4n) is 3.64. The maximum Gasteiger partial charge on any atom is 0.335 e. The third-order valence-corrected chi connectivity index (χ3v) is 5.04. The van der Waals surface area contributed by atoms with Gasteiger partial charge in [-0.3, -0.25) is 9.78 Å². The molecule has 0 saturated carbocycles. The molecule has 6 nitrogen and oxygen atoms in total. The van der Waals surface area contributed by atoms with Crippen molar-refractivity contribution in [2.45, 2.75) is 40.0 Å². The number of amides is 1. The maximum absolute atomic E-state index is 12.6. The van der Waals surface area contributed by atoms with Gasteiger partial charge >= 0.3 is 5.97 Å². The van der Waals surface area contributed by atoms with Crippen LogP contribution >= 0.6 is 0 Å². The minimum atomic E-state index is -0.961. The van der Waals surface area contributed by atoms with E-state index >= 15 is 0 Å². The molecule has 1 aliphatic heterocycles. The third kappa shape index (κ3) is 4.74. The van der Waals surface area contributed by atoms with Crippen LogP contribution in [-0.4, -0.2) is 44.9 Å². The summed E-state index contributed by atoms with van der Waals surface area (Å²) in [7, 11) is 0. The Morgan fingerprint density at radius 1 is 1.25 bits per heavy atom. The van der Waals surface area contributed by atoms with E-state index in [-0.39, 0.29) is 16.9 Å². The lowest BCUT2D eigenvalue weighted by Crippen LogP contribution is -2.45. The number of carboxylic acids is 1. The van der Waals surface area contributed by atoms with Crippen LogP contribution in [0.15, 0.2) is 36.7 Å². The van der Waals surface area contributed by atoms with Crippen molar-refractivity contribution in [1.82, 2.24) is 14.9 Å². The summed E-state index contributed by atoms with van der Waals surface area (Å²) in [5.41, 5.74) is 2.14. The van der Waals surface area contributed by atoms with Gasteiger partial charge in [0.2, 0.25) is 5.91 Å². The van der Waals surface area contributed by atoms with Crippen molar-refractivity contribution in [1.29, 1.82) is 0 Å². The number of carbonyl (C=O) groups excluding carboxylic acids is 1. The number of hydrogen-bond acceptors (Lipinski definition) is 4. The number of likely N-dealkylation sites (tertiary alicyclic amines) is 1. The molecule has 148 valence electrons. The highest BCUT2D eigenvalue weighted by molar-refractivity contribution is 5.89. The van der Waals surface area contributed by atoms with Crippen molar-refractivity contribution in [3.8, 4) is 11.3 Å². The number of carbonyl (C=O) groups is 2. The monoisotopic (exact) mass is 381 g/mol. The molecule has 1 saturated heterocycles. The Morgan fingerprint density at radius 2 is 2.04 bits per heavy atom. The molecule has 2 heterocycles. The molecule has 6 heteroatoms. The van der Waals surface area contributed by atoms with Crippen molar-refractivity contribution in [3.63, 3.8) is 0 Å². The van der Waals surface area contributed by atoms with Gasteiger partial charge in [0.05, 0.1) is 23.1 Å². The van der Waals surface area contributed by atoms with Crippen LogP contribution in [-0.2, 0) is 11.2 Å². The third-order valence-electron chi connectivity index (χ3n) is 5.04. The van der Waals surface area contributed by atoms with Crippen LogP contribution in [0.5, 0.6) is 0 Å². The zero-order valence-electron chi connectivity index (χ0n) is 16.7. The first-order chi connectivity index (χ1) is 13.2. The number of aromatic carboxylic acids is 1. The summed E-state index contributed by atoms with van der Waals surface area (Å²) in [5, 5.41) is 9.19. The SMILES string of the molecule is CC(C)(C)C(=O)N1CCCC(Cc2cncc(-c3cccc(C(=O)O)c3)n2)C1. The van der Waals surface area contributed by atoms with E-state index in [1.807, 2.05) is 31.7 Å². The molecular formula is C22H27N3O3. The van der Waals surface area contributed by atoms with Crippen molar-refractivity contribution < 1.29 is 14.7 Å². The molecule has 1 aromatic heterocycles. The van der Waals surface area contributed by atoms with Crippen LogP contribution in [0, 0.1) is 11.3 Å². The lowest BCUT2D eigenvalue weighted by atomic mass is 9.89. The van der Waals surface area contributed by atoms with Gasteiger partial charge in [-0.15, -0.1) is 0 Å². The highest BCUT2D eigenvalue weighted by Crippen LogP contribution is 2.26. The van der Waals surface area contributed by atoms with Gasteiger partial charge in [0.1, 0.15) is 0 Å². The van der Waals surface area contributed by atoms with Crippen LogP contribution in [0.25, 0.3) is 11.3 Å². The molecule has 0 bridgehead atoms. The smallest absolute Gasteiger partial charge is 0.335 e. The lowest BCUT2D eigenvalue weighted by Gasteiger charge is -2.36. The first-order valence-electron chi connectivity index (χ1n) is 9.68. The average molecular weight is 381 g/mol. The van der Waals surface area contributed by atoms with Crippen molar-refractivity contribution >= 4 is 11.9 Å². The van der Waals surface area contributed by atoms with Crippen molar-refractivity contribution in [3.05, 3.63) is 47.9 Å². The first-order valence-corrected chi connectivity index (χ1v) is 9.68. The molecule has 1 aromatic carbocycles. The van der Waals surface area contributed by atoms with E-state index < -0.39 is 5.97 Å². The molecule has 1 fully saturated rings. The van der Waals surface area contributed by atoms with Crippen molar-refractivity contribution in [2.24, 2.45) is 11.3 Å². The average Bonchev–Trinajstić information content (AvgIpc) is 2.67. The zero-order valence-corrected chi connectivity index (χ0v) is 16.7. The van der Waals surface area contributed by atoms with Crippen LogP contribution in [0.3, 0.4) is 0 Å². The number of carboxylic acid groups (broad SMARTS) is 1. The molecule has 1 aliphatic rings. The second-order valence-corrected chi connectivity index (χ2v) is 8.50. The molecule has 0 aliphatic carbocycles.